The third-order valence-electron chi connectivity index (χ3n) is 3.05. The van der Waals surface area contributed by atoms with Crippen molar-refractivity contribution in [1.29, 1.82) is 0 Å². The van der Waals surface area contributed by atoms with Crippen LogP contribution >= 0.6 is 0 Å². The number of furan rings is 1. The summed E-state index contributed by atoms with van der Waals surface area (Å²) in [6.45, 7) is 8.98. The van der Waals surface area contributed by atoms with E-state index in [9.17, 15) is 4.79 Å². The van der Waals surface area contributed by atoms with E-state index in [2.05, 4.69) is 25.7 Å². The topological polar surface area (TPSA) is 62.5 Å². The van der Waals surface area contributed by atoms with Crippen molar-refractivity contribution < 1.29 is 14.3 Å². The minimum atomic E-state index is -1.04. The summed E-state index contributed by atoms with van der Waals surface area (Å²) in [6, 6.07) is 3.11. The highest BCUT2D eigenvalue weighted by atomic mass is 16.4. The van der Waals surface area contributed by atoms with Crippen LogP contribution in [-0.4, -0.2) is 17.6 Å². The fourth-order valence-electron chi connectivity index (χ4n) is 1.89. The lowest BCUT2D eigenvalue weighted by atomic mass is 9.99. The fraction of sp³-hybridized carbons (Fsp3) is 0.533. The molecule has 1 unspecified atom stereocenters. The number of hydrogen-bond acceptors (Lipinski definition) is 3. The lowest BCUT2D eigenvalue weighted by Gasteiger charge is -2.11. The molecule has 1 heterocycles. The molecule has 106 valence electrons. The maximum absolute atomic E-state index is 10.6. The molecule has 0 aliphatic rings. The molecule has 4 nitrogen and oxygen atoms in total. The highest BCUT2D eigenvalue weighted by Crippen LogP contribution is 2.16. The Morgan fingerprint density at radius 3 is 2.79 bits per heavy atom. The zero-order valence-electron chi connectivity index (χ0n) is 11.7. The van der Waals surface area contributed by atoms with Crippen LogP contribution in [0.25, 0.3) is 0 Å². The summed E-state index contributed by atoms with van der Waals surface area (Å²) in [7, 11) is 0. The number of rotatable bonds is 9. The number of carboxylic acid groups (broad SMARTS) is 1. The van der Waals surface area contributed by atoms with Crippen molar-refractivity contribution in [2.24, 2.45) is 5.92 Å². The summed E-state index contributed by atoms with van der Waals surface area (Å²) < 4.78 is 5.12. The van der Waals surface area contributed by atoms with Crippen molar-refractivity contribution in [3.63, 3.8) is 0 Å². The zero-order chi connectivity index (χ0) is 14.3. The maximum Gasteiger partial charge on any atom is 0.371 e. The lowest BCUT2D eigenvalue weighted by Crippen LogP contribution is -2.06. The van der Waals surface area contributed by atoms with Gasteiger partial charge >= 0.3 is 5.97 Å². The molecule has 0 saturated heterocycles. The molecular weight excluding hydrogens is 242 g/mol. The van der Waals surface area contributed by atoms with Crippen LogP contribution in [-0.2, 0) is 0 Å². The molecule has 0 amide bonds. The van der Waals surface area contributed by atoms with Crippen LogP contribution < -0.4 is 5.32 Å². The Bertz CT molecular complexity index is 423. The number of allylic oxidation sites excluding steroid dienone is 1. The van der Waals surface area contributed by atoms with E-state index in [4.69, 9.17) is 9.52 Å². The molecule has 1 aromatic rings. The summed E-state index contributed by atoms with van der Waals surface area (Å²) in [5.41, 5.74) is 1.24. The first-order valence-corrected chi connectivity index (χ1v) is 6.70. The summed E-state index contributed by atoms with van der Waals surface area (Å²) in [5.74, 6) is 0.0884. The monoisotopic (exact) mass is 265 g/mol. The van der Waals surface area contributed by atoms with E-state index in [0.29, 0.717) is 11.8 Å². The van der Waals surface area contributed by atoms with E-state index < -0.39 is 5.97 Å². The molecule has 1 rings (SSSR count). The van der Waals surface area contributed by atoms with Crippen molar-refractivity contribution in [3.05, 3.63) is 30.0 Å². The third kappa shape index (κ3) is 6.13. The van der Waals surface area contributed by atoms with Crippen LogP contribution in [0.4, 0.5) is 5.88 Å². The van der Waals surface area contributed by atoms with E-state index in [1.807, 2.05) is 0 Å². The molecule has 0 bridgehead atoms. The van der Waals surface area contributed by atoms with Gasteiger partial charge in [0.05, 0.1) is 0 Å². The molecule has 1 atom stereocenters. The fourth-order valence-corrected chi connectivity index (χ4v) is 1.89. The smallest absolute Gasteiger partial charge is 0.371 e. The van der Waals surface area contributed by atoms with Crippen LogP contribution in [0.2, 0.25) is 0 Å². The Kier molecular flexibility index (Phi) is 6.19. The second kappa shape index (κ2) is 7.67. The second-order valence-electron chi connectivity index (χ2n) is 5.14. The van der Waals surface area contributed by atoms with Gasteiger partial charge in [0, 0.05) is 12.6 Å². The van der Waals surface area contributed by atoms with Crippen molar-refractivity contribution in [2.45, 2.75) is 39.5 Å². The molecule has 0 radical (unpaired) electrons. The average molecular weight is 265 g/mol. The van der Waals surface area contributed by atoms with Gasteiger partial charge in [-0.3, -0.25) is 0 Å². The molecule has 0 aliphatic carbocycles. The normalized spacial score (nSPS) is 12.1. The predicted molar refractivity (Wildman–Crippen MR) is 76.6 cm³/mol. The van der Waals surface area contributed by atoms with Gasteiger partial charge in [-0.15, -0.1) is 6.58 Å². The van der Waals surface area contributed by atoms with Gasteiger partial charge < -0.3 is 14.8 Å². The molecule has 19 heavy (non-hydrogen) atoms. The lowest BCUT2D eigenvalue weighted by molar-refractivity contribution is 0.0663. The number of carboxylic acids is 1. The van der Waals surface area contributed by atoms with E-state index in [0.717, 1.165) is 19.4 Å². The minimum Gasteiger partial charge on any atom is -0.475 e. The highest BCUT2D eigenvalue weighted by molar-refractivity contribution is 5.84. The Balaban J connectivity index is 2.18. The molecule has 4 heteroatoms. The maximum atomic E-state index is 10.6. The molecule has 0 fully saturated rings. The molecule has 2 N–H and O–H groups in total. The highest BCUT2D eigenvalue weighted by Gasteiger charge is 2.08. The standard InChI is InChI=1S/C15H23NO3/c1-11(2)5-4-6-12(3)9-10-16-14-8-7-13(19-14)15(17)18/h7-8,12,16H,1,4-6,9-10H2,2-3H3,(H,17,18). The predicted octanol–water partition coefficient (Wildman–Crippen LogP) is 4.16. The van der Waals surface area contributed by atoms with Gasteiger partial charge in [0.25, 0.3) is 0 Å². The van der Waals surface area contributed by atoms with Gasteiger partial charge in [-0.25, -0.2) is 4.79 Å². The Hall–Kier alpha value is -1.71. The van der Waals surface area contributed by atoms with Gasteiger partial charge in [-0.1, -0.05) is 18.9 Å². The summed E-state index contributed by atoms with van der Waals surface area (Å²) in [6.07, 6.45) is 4.50. The van der Waals surface area contributed by atoms with Gasteiger partial charge in [-0.2, -0.15) is 0 Å². The van der Waals surface area contributed by atoms with Crippen molar-refractivity contribution in [2.75, 3.05) is 11.9 Å². The van der Waals surface area contributed by atoms with E-state index in [-0.39, 0.29) is 5.76 Å². The second-order valence-corrected chi connectivity index (χ2v) is 5.14. The number of carbonyl (C=O) groups is 1. The summed E-state index contributed by atoms with van der Waals surface area (Å²) in [5, 5.41) is 11.8. The quantitative estimate of drug-likeness (QED) is 0.658. The average Bonchev–Trinajstić information content (AvgIpc) is 2.77. The van der Waals surface area contributed by atoms with E-state index in [1.165, 1.54) is 24.5 Å². The molecular formula is C15H23NO3. The summed E-state index contributed by atoms with van der Waals surface area (Å²) in [4.78, 5) is 10.6. The first kappa shape index (κ1) is 15.3. The molecule has 1 aromatic heterocycles. The first-order valence-electron chi connectivity index (χ1n) is 6.70. The van der Waals surface area contributed by atoms with Gasteiger partial charge in [0.15, 0.2) is 5.88 Å². The van der Waals surface area contributed by atoms with Crippen LogP contribution in [0, 0.1) is 5.92 Å². The largest absolute Gasteiger partial charge is 0.475 e. The third-order valence-corrected chi connectivity index (χ3v) is 3.05. The van der Waals surface area contributed by atoms with Gasteiger partial charge in [-0.05, 0) is 38.2 Å². The van der Waals surface area contributed by atoms with Crippen LogP contribution in [0.5, 0.6) is 0 Å². The zero-order valence-corrected chi connectivity index (χ0v) is 11.7. The molecule has 0 aliphatic heterocycles. The Morgan fingerprint density at radius 2 is 2.21 bits per heavy atom. The van der Waals surface area contributed by atoms with Crippen LogP contribution in [0.1, 0.15) is 50.1 Å². The number of anilines is 1. The molecule has 0 aromatic carbocycles. The van der Waals surface area contributed by atoms with Crippen molar-refractivity contribution >= 4 is 11.9 Å². The van der Waals surface area contributed by atoms with Gasteiger partial charge in [0.1, 0.15) is 0 Å². The van der Waals surface area contributed by atoms with Crippen molar-refractivity contribution in [1.82, 2.24) is 0 Å². The molecule has 0 spiro atoms. The number of aromatic carboxylic acids is 1. The summed E-state index contributed by atoms with van der Waals surface area (Å²) >= 11 is 0. The number of nitrogens with one attached hydrogen (secondary N) is 1. The van der Waals surface area contributed by atoms with E-state index in [1.54, 1.807) is 6.07 Å². The van der Waals surface area contributed by atoms with Crippen LogP contribution in [0.3, 0.4) is 0 Å². The van der Waals surface area contributed by atoms with E-state index >= 15 is 0 Å². The Morgan fingerprint density at radius 1 is 1.47 bits per heavy atom. The van der Waals surface area contributed by atoms with Crippen LogP contribution in [0.15, 0.2) is 28.7 Å². The SMILES string of the molecule is C=C(C)CCCC(C)CCNc1ccc(C(=O)O)o1. The first-order chi connectivity index (χ1) is 8.99. The van der Waals surface area contributed by atoms with Crippen molar-refractivity contribution in [3.8, 4) is 0 Å². The minimum absolute atomic E-state index is 0.0305. The Labute approximate surface area is 114 Å². The molecule has 0 saturated carbocycles. The number of hydrogen-bond donors (Lipinski definition) is 2. The van der Waals surface area contributed by atoms with Gasteiger partial charge in [0.2, 0.25) is 5.76 Å².